The van der Waals surface area contributed by atoms with Crippen molar-refractivity contribution in [3.8, 4) is 11.5 Å². The zero-order valence-corrected chi connectivity index (χ0v) is 15.9. The van der Waals surface area contributed by atoms with Crippen LogP contribution in [-0.2, 0) is 11.2 Å². The van der Waals surface area contributed by atoms with Crippen LogP contribution in [0.3, 0.4) is 0 Å². The Labute approximate surface area is 157 Å². The minimum Gasteiger partial charge on any atom is -0.483 e. The van der Waals surface area contributed by atoms with Gasteiger partial charge in [-0.15, -0.1) is 11.3 Å². The average molecular weight is 373 g/mol. The molecule has 0 aliphatic carbocycles. The van der Waals surface area contributed by atoms with Crippen LogP contribution in [0.15, 0.2) is 29.8 Å². The van der Waals surface area contributed by atoms with E-state index < -0.39 is 0 Å². The molecule has 0 bridgehead atoms. The van der Waals surface area contributed by atoms with E-state index in [-0.39, 0.29) is 18.1 Å². The number of anilines is 1. The normalized spacial score (nSPS) is 18.4. The van der Waals surface area contributed by atoms with Crippen LogP contribution >= 0.6 is 11.3 Å². The summed E-state index contributed by atoms with van der Waals surface area (Å²) in [7, 11) is 0. The lowest BCUT2D eigenvalue weighted by Gasteiger charge is -2.34. The molecule has 2 aliphatic heterocycles. The van der Waals surface area contributed by atoms with E-state index in [0.29, 0.717) is 18.8 Å². The van der Waals surface area contributed by atoms with Crippen molar-refractivity contribution in [2.45, 2.75) is 25.9 Å². The van der Waals surface area contributed by atoms with Crippen molar-refractivity contribution in [3.05, 3.63) is 35.3 Å². The molecule has 0 unspecified atom stereocenters. The minimum absolute atomic E-state index is 0.0126. The van der Waals surface area contributed by atoms with E-state index in [1.54, 1.807) is 11.3 Å². The smallest absolute Gasteiger partial charge is 0.260 e. The van der Waals surface area contributed by atoms with E-state index in [1.165, 1.54) is 0 Å². The Morgan fingerprint density at radius 3 is 2.85 bits per heavy atom. The number of carbonyl (C=O) groups is 1. The summed E-state index contributed by atoms with van der Waals surface area (Å²) in [6.45, 7) is 7.15. The minimum atomic E-state index is -0.224. The molecule has 138 valence electrons. The summed E-state index contributed by atoms with van der Waals surface area (Å²) in [5, 5.41) is 3.00. The fraction of sp³-hybridized carbons (Fsp3) is 0.474. The van der Waals surface area contributed by atoms with Crippen molar-refractivity contribution in [3.63, 3.8) is 0 Å². The van der Waals surface area contributed by atoms with Crippen LogP contribution < -0.4 is 14.4 Å². The number of ether oxygens (including phenoxy) is 2. The fourth-order valence-electron chi connectivity index (χ4n) is 3.45. The second kappa shape index (κ2) is 6.79. The lowest BCUT2D eigenvalue weighted by molar-refractivity contribution is -0.133. The fourth-order valence-corrected chi connectivity index (χ4v) is 4.15. The molecule has 0 saturated carbocycles. The molecule has 1 saturated heterocycles. The number of aromatic nitrogens is 1. The molecule has 1 fully saturated rings. The lowest BCUT2D eigenvalue weighted by atomic mass is 10.0. The number of amides is 1. The molecule has 4 rings (SSSR count). The summed E-state index contributed by atoms with van der Waals surface area (Å²) in [4.78, 5) is 20.9. The molecule has 0 atom stereocenters. The first-order valence-electron chi connectivity index (χ1n) is 8.88. The number of fused-ring (bicyclic) bond motifs is 1. The number of nitrogens with zero attached hydrogens (tertiary/aromatic N) is 3. The van der Waals surface area contributed by atoms with E-state index in [1.807, 2.05) is 28.6 Å². The van der Waals surface area contributed by atoms with E-state index in [2.05, 4.69) is 29.8 Å². The molecule has 0 radical (unpaired) electrons. The third kappa shape index (κ3) is 3.49. The monoisotopic (exact) mass is 373 g/mol. The second-order valence-electron chi connectivity index (χ2n) is 7.25. The molecule has 7 heteroatoms. The summed E-state index contributed by atoms with van der Waals surface area (Å²) in [5.74, 6) is 1.44. The van der Waals surface area contributed by atoms with E-state index in [9.17, 15) is 4.79 Å². The highest BCUT2D eigenvalue weighted by atomic mass is 32.1. The zero-order chi connectivity index (χ0) is 18.1. The lowest BCUT2D eigenvalue weighted by Crippen LogP contribution is -2.50. The van der Waals surface area contributed by atoms with Crippen LogP contribution in [0.4, 0.5) is 5.13 Å². The van der Waals surface area contributed by atoms with Crippen molar-refractivity contribution >= 4 is 22.4 Å². The summed E-state index contributed by atoms with van der Waals surface area (Å²) in [6, 6.07) is 5.88. The topological polar surface area (TPSA) is 54.9 Å². The van der Waals surface area contributed by atoms with Gasteiger partial charge < -0.3 is 19.3 Å². The largest absolute Gasteiger partial charge is 0.483 e. The van der Waals surface area contributed by atoms with Gasteiger partial charge in [0.25, 0.3) is 5.91 Å². The Morgan fingerprint density at radius 1 is 1.31 bits per heavy atom. The van der Waals surface area contributed by atoms with Crippen LogP contribution in [0.25, 0.3) is 0 Å². The Bertz CT molecular complexity index is 783. The average Bonchev–Trinajstić information content (AvgIpc) is 3.26. The molecule has 3 heterocycles. The summed E-state index contributed by atoms with van der Waals surface area (Å²) in [5.41, 5.74) is 0.912. The summed E-state index contributed by atoms with van der Waals surface area (Å²) in [6.07, 6.45) is 2.67. The van der Waals surface area contributed by atoms with E-state index in [0.717, 1.165) is 36.0 Å². The number of hydrogen-bond donors (Lipinski definition) is 0. The first-order valence-corrected chi connectivity index (χ1v) is 9.76. The number of thiazole rings is 1. The van der Waals surface area contributed by atoms with Gasteiger partial charge in [-0.2, -0.15) is 0 Å². The predicted octanol–water partition coefficient (Wildman–Crippen LogP) is 2.58. The van der Waals surface area contributed by atoms with Gasteiger partial charge in [0.1, 0.15) is 5.60 Å². The van der Waals surface area contributed by atoms with Crippen molar-refractivity contribution in [2.75, 3.05) is 37.7 Å². The number of rotatable bonds is 4. The van der Waals surface area contributed by atoms with E-state index >= 15 is 0 Å². The van der Waals surface area contributed by atoms with E-state index in [4.69, 9.17) is 9.47 Å². The van der Waals surface area contributed by atoms with Gasteiger partial charge in [-0.05, 0) is 19.9 Å². The van der Waals surface area contributed by atoms with Gasteiger partial charge >= 0.3 is 0 Å². The quantitative estimate of drug-likeness (QED) is 0.825. The van der Waals surface area contributed by atoms with Gasteiger partial charge in [-0.25, -0.2) is 4.98 Å². The van der Waals surface area contributed by atoms with Crippen molar-refractivity contribution in [1.29, 1.82) is 0 Å². The molecule has 0 N–H and O–H groups in total. The molecule has 1 aromatic carbocycles. The molecule has 2 aromatic rings. The van der Waals surface area contributed by atoms with Crippen LogP contribution in [0.2, 0.25) is 0 Å². The Balaban J connectivity index is 1.32. The Kier molecular flexibility index (Phi) is 4.48. The van der Waals surface area contributed by atoms with Gasteiger partial charge in [0, 0.05) is 49.7 Å². The number of benzene rings is 1. The summed E-state index contributed by atoms with van der Waals surface area (Å²) >= 11 is 1.63. The van der Waals surface area contributed by atoms with Gasteiger partial charge in [-0.1, -0.05) is 12.1 Å². The second-order valence-corrected chi connectivity index (χ2v) is 8.13. The van der Waals surface area contributed by atoms with Gasteiger partial charge in [0.2, 0.25) is 0 Å². The maximum absolute atomic E-state index is 12.5. The molecule has 1 aromatic heterocycles. The Hall–Kier alpha value is -2.28. The van der Waals surface area contributed by atoms with Crippen LogP contribution in [0.5, 0.6) is 11.5 Å². The molecule has 26 heavy (non-hydrogen) atoms. The molecule has 2 aliphatic rings. The predicted molar refractivity (Wildman–Crippen MR) is 101 cm³/mol. The third-order valence-corrected chi connectivity index (χ3v) is 5.56. The first-order chi connectivity index (χ1) is 12.5. The first kappa shape index (κ1) is 17.1. The van der Waals surface area contributed by atoms with Gasteiger partial charge in [0.15, 0.2) is 23.2 Å². The SMILES string of the molecule is CC1(C)Cc2cccc(OCC(=O)N3CCN(c4nccs4)CC3)c2O1. The van der Waals surface area contributed by atoms with Gasteiger partial charge in [0.05, 0.1) is 0 Å². The van der Waals surface area contributed by atoms with Crippen molar-refractivity contribution in [2.24, 2.45) is 0 Å². The third-order valence-electron chi connectivity index (χ3n) is 4.73. The summed E-state index contributed by atoms with van der Waals surface area (Å²) < 4.78 is 11.8. The zero-order valence-electron chi connectivity index (χ0n) is 15.1. The molecular weight excluding hydrogens is 350 g/mol. The van der Waals surface area contributed by atoms with Crippen molar-refractivity contribution < 1.29 is 14.3 Å². The highest BCUT2D eigenvalue weighted by molar-refractivity contribution is 7.13. The van der Waals surface area contributed by atoms with Crippen molar-refractivity contribution in [1.82, 2.24) is 9.88 Å². The van der Waals surface area contributed by atoms with Crippen LogP contribution in [0, 0.1) is 0 Å². The highest BCUT2D eigenvalue weighted by Gasteiger charge is 2.32. The van der Waals surface area contributed by atoms with Crippen LogP contribution in [0.1, 0.15) is 19.4 Å². The Morgan fingerprint density at radius 2 is 2.12 bits per heavy atom. The molecule has 6 nitrogen and oxygen atoms in total. The molecule has 1 amide bonds. The molecular formula is C19H23N3O3S. The number of piperazine rings is 1. The number of para-hydroxylation sites is 1. The van der Waals surface area contributed by atoms with Crippen LogP contribution in [-0.4, -0.2) is 54.2 Å². The highest BCUT2D eigenvalue weighted by Crippen LogP contribution is 2.41. The van der Waals surface area contributed by atoms with Gasteiger partial charge in [-0.3, -0.25) is 4.79 Å². The standard InChI is InChI=1S/C19H23N3O3S/c1-19(2)12-14-4-3-5-15(17(14)25-19)24-13-16(23)21-7-9-22(10-8-21)18-20-6-11-26-18/h3-6,11H,7-10,12-13H2,1-2H3. The maximum Gasteiger partial charge on any atom is 0.260 e. The molecule has 0 spiro atoms. The number of hydrogen-bond acceptors (Lipinski definition) is 6. The maximum atomic E-state index is 12.5. The number of carbonyl (C=O) groups excluding carboxylic acids is 1.